The van der Waals surface area contributed by atoms with Gasteiger partial charge in [0, 0.05) is 17.1 Å². The van der Waals surface area contributed by atoms with Crippen molar-refractivity contribution in [3.05, 3.63) is 28.2 Å². The summed E-state index contributed by atoms with van der Waals surface area (Å²) in [5.41, 5.74) is 0.649. The molecule has 1 aromatic rings. The van der Waals surface area contributed by atoms with Gasteiger partial charge >= 0.3 is 0 Å². The van der Waals surface area contributed by atoms with E-state index in [0.717, 1.165) is 0 Å². The third kappa shape index (κ3) is 5.34. The van der Waals surface area contributed by atoms with Gasteiger partial charge in [-0.1, -0.05) is 19.9 Å². The Kier molecular flexibility index (Phi) is 7.29. The summed E-state index contributed by atoms with van der Waals surface area (Å²) < 4.78 is 33.4. The quantitative estimate of drug-likeness (QED) is 0.726. The zero-order valence-electron chi connectivity index (χ0n) is 12.5. The average Bonchev–Trinajstić information content (AvgIpc) is 2.42. The lowest BCUT2D eigenvalue weighted by Gasteiger charge is -2.22. The van der Waals surface area contributed by atoms with Crippen molar-refractivity contribution in [2.24, 2.45) is 5.92 Å². The fraction of sp³-hybridized carbons (Fsp3) is 0.571. The topological polar surface area (TPSA) is 75.6 Å². The molecule has 0 aliphatic rings. The van der Waals surface area contributed by atoms with E-state index < -0.39 is 10.0 Å². The standard InChI is InChI=1S/C14H22BrNO4S/c1-4-20-9-13(10(2)3)16-21(18,19)14-6-5-11(8-17)7-12(14)15/h5-7,10,13,16-17H,4,8-9H2,1-3H3. The van der Waals surface area contributed by atoms with E-state index in [-0.39, 0.29) is 23.5 Å². The molecular weight excluding hydrogens is 358 g/mol. The van der Waals surface area contributed by atoms with Crippen LogP contribution in [0.5, 0.6) is 0 Å². The molecule has 7 heteroatoms. The van der Waals surface area contributed by atoms with Crippen LogP contribution in [0.1, 0.15) is 26.3 Å². The molecule has 0 radical (unpaired) electrons. The number of benzene rings is 1. The first-order valence-electron chi connectivity index (χ1n) is 6.81. The fourth-order valence-corrected chi connectivity index (χ4v) is 4.22. The second-order valence-corrected chi connectivity index (χ2v) is 7.59. The molecule has 0 saturated heterocycles. The molecule has 0 aromatic heterocycles. The lowest BCUT2D eigenvalue weighted by molar-refractivity contribution is 0.116. The van der Waals surface area contributed by atoms with Gasteiger partial charge in [-0.25, -0.2) is 13.1 Å². The Hall–Kier alpha value is -0.470. The maximum absolute atomic E-state index is 12.5. The van der Waals surface area contributed by atoms with Gasteiger partial charge in [0.1, 0.15) is 0 Å². The average molecular weight is 380 g/mol. The largest absolute Gasteiger partial charge is 0.392 e. The second kappa shape index (κ2) is 8.24. The van der Waals surface area contributed by atoms with Gasteiger partial charge in [0.2, 0.25) is 10.0 Å². The summed E-state index contributed by atoms with van der Waals surface area (Å²) >= 11 is 3.24. The van der Waals surface area contributed by atoms with E-state index in [0.29, 0.717) is 23.2 Å². The van der Waals surface area contributed by atoms with Crippen LogP contribution in [-0.2, 0) is 21.4 Å². The minimum atomic E-state index is -3.65. The van der Waals surface area contributed by atoms with Crippen LogP contribution in [0.3, 0.4) is 0 Å². The highest BCUT2D eigenvalue weighted by atomic mass is 79.9. The SMILES string of the molecule is CCOCC(NS(=O)(=O)c1ccc(CO)cc1Br)C(C)C. The van der Waals surface area contributed by atoms with Crippen molar-refractivity contribution in [2.45, 2.75) is 38.3 Å². The maximum atomic E-state index is 12.5. The Morgan fingerprint density at radius 3 is 2.52 bits per heavy atom. The van der Waals surface area contributed by atoms with Gasteiger partial charge in [-0.2, -0.15) is 0 Å². The molecule has 1 rings (SSSR count). The van der Waals surface area contributed by atoms with Crippen LogP contribution in [-0.4, -0.2) is 32.8 Å². The summed E-state index contributed by atoms with van der Waals surface area (Å²) in [7, 11) is -3.65. The number of aliphatic hydroxyl groups is 1. The van der Waals surface area contributed by atoms with Crippen LogP contribution >= 0.6 is 15.9 Å². The van der Waals surface area contributed by atoms with Crippen LogP contribution in [0.15, 0.2) is 27.6 Å². The van der Waals surface area contributed by atoms with Gasteiger partial charge in [0.05, 0.1) is 18.1 Å². The molecule has 1 atom stereocenters. The Balaban J connectivity index is 2.99. The minimum absolute atomic E-state index is 0.113. The van der Waals surface area contributed by atoms with Gasteiger partial charge in [-0.05, 0) is 46.5 Å². The maximum Gasteiger partial charge on any atom is 0.242 e. The van der Waals surface area contributed by atoms with Gasteiger partial charge in [-0.15, -0.1) is 0 Å². The van der Waals surface area contributed by atoms with Gasteiger partial charge in [0.15, 0.2) is 0 Å². The Bertz CT molecular complexity index is 560. The predicted octanol–water partition coefficient (Wildman–Crippen LogP) is 2.28. The summed E-state index contributed by atoms with van der Waals surface area (Å²) in [5.74, 6) is 0.113. The molecule has 0 heterocycles. The number of halogens is 1. The van der Waals surface area contributed by atoms with E-state index in [4.69, 9.17) is 9.84 Å². The molecule has 1 unspecified atom stereocenters. The molecule has 0 saturated carbocycles. The Morgan fingerprint density at radius 1 is 1.38 bits per heavy atom. The smallest absolute Gasteiger partial charge is 0.242 e. The molecule has 1 aromatic carbocycles. The molecule has 0 aliphatic carbocycles. The number of nitrogens with one attached hydrogen (secondary N) is 1. The number of ether oxygens (including phenoxy) is 1. The fourth-order valence-electron chi connectivity index (χ4n) is 1.73. The molecule has 0 bridgehead atoms. The van der Waals surface area contributed by atoms with Crippen molar-refractivity contribution >= 4 is 26.0 Å². The third-order valence-corrected chi connectivity index (χ3v) is 5.55. The van der Waals surface area contributed by atoms with Crippen molar-refractivity contribution < 1.29 is 18.3 Å². The van der Waals surface area contributed by atoms with Crippen molar-refractivity contribution in [3.63, 3.8) is 0 Å². The normalized spacial score (nSPS) is 13.6. The van der Waals surface area contributed by atoms with Crippen LogP contribution in [0, 0.1) is 5.92 Å². The van der Waals surface area contributed by atoms with E-state index >= 15 is 0 Å². The Morgan fingerprint density at radius 2 is 2.05 bits per heavy atom. The summed E-state index contributed by atoms with van der Waals surface area (Å²) in [5, 5.41) is 9.07. The second-order valence-electron chi connectivity index (χ2n) is 5.05. The molecule has 120 valence electrons. The van der Waals surface area contributed by atoms with Crippen molar-refractivity contribution in [1.29, 1.82) is 0 Å². The van der Waals surface area contributed by atoms with Gasteiger partial charge in [0.25, 0.3) is 0 Å². The Labute approximate surface area is 134 Å². The zero-order valence-corrected chi connectivity index (χ0v) is 14.9. The number of hydrogen-bond acceptors (Lipinski definition) is 4. The third-order valence-electron chi connectivity index (χ3n) is 3.08. The van der Waals surface area contributed by atoms with Crippen molar-refractivity contribution in [2.75, 3.05) is 13.2 Å². The van der Waals surface area contributed by atoms with Gasteiger partial charge in [-0.3, -0.25) is 0 Å². The first-order chi connectivity index (χ1) is 9.81. The summed E-state index contributed by atoms with van der Waals surface area (Å²) in [4.78, 5) is 0.154. The highest BCUT2D eigenvalue weighted by molar-refractivity contribution is 9.10. The van der Waals surface area contributed by atoms with E-state index in [2.05, 4.69) is 20.7 Å². The molecular formula is C14H22BrNO4S. The number of sulfonamides is 1. The molecule has 2 N–H and O–H groups in total. The highest BCUT2D eigenvalue weighted by Gasteiger charge is 2.24. The van der Waals surface area contributed by atoms with Crippen molar-refractivity contribution in [1.82, 2.24) is 4.72 Å². The van der Waals surface area contributed by atoms with Crippen LogP contribution in [0.4, 0.5) is 0 Å². The lowest BCUT2D eigenvalue weighted by atomic mass is 10.1. The molecule has 21 heavy (non-hydrogen) atoms. The molecule has 0 amide bonds. The summed E-state index contributed by atoms with van der Waals surface area (Å²) in [6.07, 6.45) is 0. The van der Waals surface area contributed by atoms with Crippen LogP contribution in [0.25, 0.3) is 0 Å². The molecule has 5 nitrogen and oxygen atoms in total. The zero-order chi connectivity index (χ0) is 16.0. The first-order valence-corrected chi connectivity index (χ1v) is 9.08. The first kappa shape index (κ1) is 18.6. The number of rotatable bonds is 8. The van der Waals surface area contributed by atoms with Crippen LogP contribution in [0.2, 0.25) is 0 Å². The van der Waals surface area contributed by atoms with E-state index in [1.54, 1.807) is 12.1 Å². The molecule has 0 spiro atoms. The molecule has 0 fully saturated rings. The van der Waals surface area contributed by atoms with Gasteiger partial charge < -0.3 is 9.84 Å². The number of aliphatic hydroxyl groups excluding tert-OH is 1. The van der Waals surface area contributed by atoms with E-state index in [9.17, 15) is 8.42 Å². The summed E-state index contributed by atoms with van der Waals surface area (Å²) in [6.45, 7) is 6.49. The van der Waals surface area contributed by atoms with E-state index in [1.165, 1.54) is 6.07 Å². The van der Waals surface area contributed by atoms with Crippen molar-refractivity contribution in [3.8, 4) is 0 Å². The highest BCUT2D eigenvalue weighted by Crippen LogP contribution is 2.24. The lowest BCUT2D eigenvalue weighted by Crippen LogP contribution is -2.41. The van der Waals surface area contributed by atoms with Crippen LogP contribution < -0.4 is 4.72 Å². The predicted molar refractivity (Wildman–Crippen MR) is 85.5 cm³/mol. The minimum Gasteiger partial charge on any atom is -0.392 e. The number of hydrogen-bond donors (Lipinski definition) is 2. The van der Waals surface area contributed by atoms with E-state index in [1.807, 2.05) is 20.8 Å². The molecule has 0 aliphatic heterocycles. The monoisotopic (exact) mass is 379 g/mol. The summed E-state index contributed by atoms with van der Waals surface area (Å²) in [6, 6.07) is 4.38.